The van der Waals surface area contributed by atoms with Crippen LogP contribution in [-0.4, -0.2) is 37.7 Å². The molecule has 3 rings (SSSR count). The van der Waals surface area contributed by atoms with E-state index in [4.69, 9.17) is 27.9 Å². The molecule has 0 saturated carbocycles. The summed E-state index contributed by atoms with van der Waals surface area (Å²) in [6.45, 7) is 0. The van der Waals surface area contributed by atoms with Crippen molar-refractivity contribution >= 4 is 23.2 Å². The molecule has 0 saturated heterocycles. The van der Waals surface area contributed by atoms with Gasteiger partial charge in [0, 0.05) is 5.56 Å². The number of hydrogen-bond donors (Lipinski definition) is 1. The van der Waals surface area contributed by atoms with Crippen molar-refractivity contribution in [3.05, 3.63) is 34.4 Å². The van der Waals surface area contributed by atoms with E-state index in [2.05, 4.69) is 30.6 Å². The Kier molecular flexibility index (Phi) is 3.68. The average molecular weight is 323 g/mol. The molecule has 9 heteroatoms. The fourth-order valence-electron chi connectivity index (χ4n) is 1.72. The van der Waals surface area contributed by atoms with Crippen LogP contribution in [0.25, 0.3) is 22.9 Å². The Morgan fingerprint density at radius 2 is 2.00 bits per heavy atom. The molecular formula is C12H8Cl2N6O. The van der Waals surface area contributed by atoms with Gasteiger partial charge in [0.2, 0.25) is 5.82 Å². The van der Waals surface area contributed by atoms with E-state index in [1.807, 2.05) is 0 Å². The molecule has 0 bridgehead atoms. The molecule has 0 fully saturated rings. The summed E-state index contributed by atoms with van der Waals surface area (Å²) in [6, 6.07) is 5.14. The van der Waals surface area contributed by atoms with Crippen molar-refractivity contribution in [2.75, 3.05) is 7.11 Å². The molecule has 2 heterocycles. The van der Waals surface area contributed by atoms with Crippen LogP contribution in [0.4, 0.5) is 0 Å². The molecule has 1 N–H and O–H groups in total. The van der Waals surface area contributed by atoms with Gasteiger partial charge in [0.05, 0.1) is 23.4 Å². The monoisotopic (exact) mass is 322 g/mol. The zero-order valence-electron chi connectivity index (χ0n) is 10.7. The van der Waals surface area contributed by atoms with Crippen molar-refractivity contribution in [3.8, 4) is 28.7 Å². The first-order valence-electron chi connectivity index (χ1n) is 5.79. The first kappa shape index (κ1) is 13.7. The summed E-state index contributed by atoms with van der Waals surface area (Å²) in [6.07, 6.45) is 1.54. The van der Waals surface area contributed by atoms with Gasteiger partial charge in [-0.3, -0.25) is 0 Å². The van der Waals surface area contributed by atoms with E-state index in [1.165, 1.54) is 13.3 Å². The van der Waals surface area contributed by atoms with Crippen LogP contribution < -0.4 is 4.74 Å². The molecule has 0 atom stereocenters. The highest BCUT2D eigenvalue weighted by Crippen LogP contribution is 2.30. The van der Waals surface area contributed by atoms with E-state index in [0.717, 1.165) is 5.56 Å². The van der Waals surface area contributed by atoms with E-state index in [1.54, 1.807) is 18.2 Å². The van der Waals surface area contributed by atoms with E-state index < -0.39 is 0 Å². The maximum absolute atomic E-state index is 6.01. The number of hydrogen-bond acceptors (Lipinski definition) is 6. The van der Waals surface area contributed by atoms with Crippen LogP contribution in [0.1, 0.15) is 0 Å². The van der Waals surface area contributed by atoms with Gasteiger partial charge >= 0.3 is 0 Å². The highest BCUT2D eigenvalue weighted by atomic mass is 35.5. The molecule has 1 aromatic carbocycles. The number of benzene rings is 1. The normalized spacial score (nSPS) is 10.6. The number of methoxy groups -OCH3 is 1. The predicted molar refractivity (Wildman–Crippen MR) is 77.2 cm³/mol. The fourth-order valence-corrected chi connectivity index (χ4v) is 2.01. The largest absolute Gasteiger partial charge is 0.493 e. The number of aromatic amines is 1. The van der Waals surface area contributed by atoms with Crippen LogP contribution in [0.2, 0.25) is 10.0 Å². The molecule has 2 aromatic heterocycles. The first-order chi connectivity index (χ1) is 10.2. The number of ether oxygens (including phenoxy) is 1. The zero-order valence-corrected chi connectivity index (χ0v) is 12.2. The van der Waals surface area contributed by atoms with Crippen LogP contribution in [0.3, 0.4) is 0 Å². The van der Waals surface area contributed by atoms with Crippen molar-refractivity contribution in [1.29, 1.82) is 0 Å². The van der Waals surface area contributed by atoms with Crippen molar-refractivity contribution in [1.82, 2.24) is 30.6 Å². The summed E-state index contributed by atoms with van der Waals surface area (Å²) >= 11 is 11.9. The SMILES string of the molecule is COc1cnc(-c2ccc(Cl)c(Cl)c2)nc1-c1nn[nH]n1. The second-order valence-electron chi connectivity index (χ2n) is 3.97. The molecule has 0 aliphatic heterocycles. The number of H-pyrrole nitrogens is 1. The molecule has 21 heavy (non-hydrogen) atoms. The van der Waals surface area contributed by atoms with Gasteiger partial charge in [-0.15, -0.1) is 10.2 Å². The van der Waals surface area contributed by atoms with Gasteiger partial charge < -0.3 is 4.74 Å². The lowest BCUT2D eigenvalue weighted by Crippen LogP contribution is -1.98. The summed E-state index contributed by atoms with van der Waals surface area (Å²) < 4.78 is 5.21. The molecule has 0 aliphatic carbocycles. The lowest BCUT2D eigenvalue weighted by Gasteiger charge is -2.07. The lowest BCUT2D eigenvalue weighted by atomic mass is 10.2. The Balaban J connectivity index is 2.12. The second kappa shape index (κ2) is 5.63. The molecule has 106 valence electrons. The minimum Gasteiger partial charge on any atom is -0.493 e. The first-order valence-corrected chi connectivity index (χ1v) is 6.55. The maximum Gasteiger partial charge on any atom is 0.226 e. The minimum absolute atomic E-state index is 0.315. The van der Waals surface area contributed by atoms with Crippen LogP contribution in [0.5, 0.6) is 5.75 Å². The smallest absolute Gasteiger partial charge is 0.226 e. The Morgan fingerprint density at radius 3 is 2.67 bits per heavy atom. The second-order valence-corrected chi connectivity index (χ2v) is 4.79. The summed E-state index contributed by atoms with van der Waals surface area (Å²) in [7, 11) is 1.51. The summed E-state index contributed by atoms with van der Waals surface area (Å²) in [5, 5.41) is 14.6. The molecular weight excluding hydrogens is 315 g/mol. The Morgan fingerprint density at radius 1 is 1.14 bits per heavy atom. The molecule has 0 radical (unpaired) electrons. The van der Waals surface area contributed by atoms with Gasteiger partial charge in [0.15, 0.2) is 17.3 Å². The van der Waals surface area contributed by atoms with Gasteiger partial charge in [-0.05, 0) is 23.4 Å². The average Bonchev–Trinajstić information content (AvgIpc) is 3.03. The van der Waals surface area contributed by atoms with Crippen LogP contribution in [-0.2, 0) is 0 Å². The fraction of sp³-hybridized carbons (Fsp3) is 0.0833. The van der Waals surface area contributed by atoms with Crippen LogP contribution in [0.15, 0.2) is 24.4 Å². The van der Waals surface area contributed by atoms with Gasteiger partial charge in [0.1, 0.15) is 0 Å². The van der Waals surface area contributed by atoms with Crippen molar-refractivity contribution in [3.63, 3.8) is 0 Å². The zero-order chi connectivity index (χ0) is 14.8. The van der Waals surface area contributed by atoms with Crippen molar-refractivity contribution < 1.29 is 4.74 Å². The molecule has 0 aliphatic rings. The third-order valence-corrected chi connectivity index (χ3v) is 3.45. The summed E-state index contributed by atoms with van der Waals surface area (Å²) in [5.74, 6) is 1.21. The third-order valence-electron chi connectivity index (χ3n) is 2.71. The van der Waals surface area contributed by atoms with E-state index in [0.29, 0.717) is 33.1 Å². The number of nitrogens with one attached hydrogen (secondary N) is 1. The number of rotatable bonds is 3. The van der Waals surface area contributed by atoms with Gasteiger partial charge in [0.25, 0.3) is 0 Å². The summed E-state index contributed by atoms with van der Waals surface area (Å²) in [4.78, 5) is 8.64. The standard InChI is InChI=1S/C12H8Cl2N6O/c1-21-9-5-15-11(6-2-3-7(13)8(14)4-6)16-10(9)12-17-19-20-18-12/h2-5H,1H3,(H,17,18,19,20). The predicted octanol–water partition coefficient (Wildman–Crippen LogP) is 2.64. The summed E-state index contributed by atoms with van der Waals surface area (Å²) in [5.41, 5.74) is 1.15. The van der Waals surface area contributed by atoms with E-state index in [-0.39, 0.29) is 0 Å². The van der Waals surface area contributed by atoms with Gasteiger partial charge in [-0.25, -0.2) is 9.97 Å². The lowest BCUT2D eigenvalue weighted by molar-refractivity contribution is 0.412. The van der Waals surface area contributed by atoms with Crippen molar-refractivity contribution in [2.24, 2.45) is 0 Å². The van der Waals surface area contributed by atoms with E-state index in [9.17, 15) is 0 Å². The minimum atomic E-state index is 0.315. The number of nitrogens with zero attached hydrogens (tertiary/aromatic N) is 5. The number of aromatic nitrogens is 6. The highest BCUT2D eigenvalue weighted by molar-refractivity contribution is 6.42. The number of tetrazole rings is 1. The Bertz CT molecular complexity index is 777. The third kappa shape index (κ3) is 2.65. The quantitative estimate of drug-likeness (QED) is 0.797. The maximum atomic E-state index is 6.01. The highest BCUT2D eigenvalue weighted by Gasteiger charge is 2.15. The van der Waals surface area contributed by atoms with Crippen molar-refractivity contribution in [2.45, 2.75) is 0 Å². The molecule has 0 spiro atoms. The van der Waals surface area contributed by atoms with Crippen LogP contribution in [0, 0.1) is 0 Å². The molecule has 0 amide bonds. The molecule has 7 nitrogen and oxygen atoms in total. The van der Waals surface area contributed by atoms with E-state index >= 15 is 0 Å². The molecule has 3 aromatic rings. The Hall–Kier alpha value is -2.25. The van der Waals surface area contributed by atoms with Gasteiger partial charge in [-0.1, -0.05) is 23.2 Å². The van der Waals surface area contributed by atoms with Crippen LogP contribution >= 0.6 is 23.2 Å². The topological polar surface area (TPSA) is 89.5 Å². The number of halogens is 2. The molecule has 0 unspecified atom stereocenters. The Labute approximate surface area is 129 Å². The van der Waals surface area contributed by atoms with Gasteiger partial charge in [-0.2, -0.15) is 5.21 Å².